The SMILES string of the molecule is CCNC(=NCc1nccn1CC(C)C)NCc1ncc(C(C)(C)C)o1. The Morgan fingerprint density at radius 2 is 2.04 bits per heavy atom. The summed E-state index contributed by atoms with van der Waals surface area (Å²) >= 11 is 0. The first-order chi connectivity index (χ1) is 12.3. The molecule has 0 saturated heterocycles. The zero-order valence-electron chi connectivity index (χ0n) is 16.8. The van der Waals surface area contributed by atoms with Crippen LogP contribution in [0, 0.1) is 5.92 Å². The molecule has 144 valence electrons. The van der Waals surface area contributed by atoms with Crippen molar-refractivity contribution < 1.29 is 4.42 Å². The van der Waals surface area contributed by atoms with Gasteiger partial charge in [0.25, 0.3) is 0 Å². The summed E-state index contributed by atoms with van der Waals surface area (Å²) in [4.78, 5) is 13.4. The van der Waals surface area contributed by atoms with E-state index in [1.54, 1.807) is 6.20 Å². The van der Waals surface area contributed by atoms with Crippen molar-refractivity contribution in [2.45, 2.75) is 66.6 Å². The summed E-state index contributed by atoms with van der Waals surface area (Å²) in [5.41, 5.74) is -0.0443. The van der Waals surface area contributed by atoms with Crippen molar-refractivity contribution in [1.82, 2.24) is 25.2 Å². The van der Waals surface area contributed by atoms with Crippen LogP contribution in [-0.2, 0) is 25.0 Å². The summed E-state index contributed by atoms with van der Waals surface area (Å²) in [6.07, 6.45) is 5.63. The molecule has 0 aromatic carbocycles. The number of imidazole rings is 1. The fraction of sp³-hybridized carbons (Fsp3) is 0.632. The molecule has 0 saturated carbocycles. The molecule has 0 fully saturated rings. The maximum Gasteiger partial charge on any atom is 0.213 e. The third-order valence-corrected chi connectivity index (χ3v) is 3.79. The van der Waals surface area contributed by atoms with E-state index in [4.69, 9.17) is 4.42 Å². The lowest BCUT2D eigenvalue weighted by molar-refractivity contribution is 0.379. The van der Waals surface area contributed by atoms with E-state index in [9.17, 15) is 0 Å². The maximum atomic E-state index is 5.82. The van der Waals surface area contributed by atoms with Crippen LogP contribution in [0.3, 0.4) is 0 Å². The third kappa shape index (κ3) is 5.89. The normalized spacial score (nSPS) is 12.7. The van der Waals surface area contributed by atoms with Gasteiger partial charge in [-0.25, -0.2) is 15.0 Å². The molecule has 2 rings (SSSR count). The fourth-order valence-corrected chi connectivity index (χ4v) is 2.44. The Bertz CT molecular complexity index is 708. The molecule has 0 amide bonds. The summed E-state index contributed by atoms with van der Waals surface area (Å²) in [7, 11) is 0. The lowest BCUT2D eigenvalue weighted by atomic mass is 9.94. The van der Waals surface area contributed by atoms with Gasteiger partial charge < -0.3 is 19.6 Å². The van der Waals surface area contributed by atoms with Crippen molar-refractivity contribution in [3.8, 4) is 0 Å². The summed E-state index contributed by atoms with van der Waals surface area (Å²) in [5, 5.41) is 6.51. The van der Waals surface area contributed by atoms with Gasteiger partial charge in [0.05, 0.1) is 12.7 Å². The highest BCUT2D eigenvalue weighted by atomic mass is 16.4. The third-order valence-electron chi connectivity index (χ3n) is 3.79. The van der Waals surface area contributed by atoms with Crippen LogP contribution in [-0.4, -0.2) is 27.0 Å². The van der Waals surface area contributed by atoms with E-state index in [1.165, 1.54) is 0 Å². The Balaban J connectivity index is 1.99. The molecule has 0 spiro atoms. The van der Waals surface area contributed by atoms with Crippen LogP contribution in [0.2, 0.25) is 0 Å². The largest absolute Gasteiger partial charge is 0.443 e. The monoisotopic (exact) mass is 360 g/mol. The zero-order chi connectivity index (χ0) is 19.2. The standard InChI is InChI=1S/C19H32N6O/c1-7-20-18(23-11-16-21-8-9-25(16)13-14(2)3)24-12-17-22-10-15(26-17)19(4,5)6/h8-10,14H,7,11-13H2,1-6H3,(H2,20,23,24). The molecule has 7 heteroatoms. The minimum absolute atomic E-state index is 0.0443. The van der Waals surface area contributed by atoms with Gasteiger partial charge in [0.2, 0.25) is 5.89 Å². The number of rotatable bonds is 7. The van der Waals surface area contributed by atoms with Gasteiger partial charge in [0.1, 0.15) is 18.1 Å². The molecule has 0 aliphatic heterocycles. The first-order valence-corrected chi connectivity index (χ1v) is 9.27. The van der Waals surface area contributed by atoms with Gasteiger partial charge in [-0.05, 0) is 12.8 Å². The van der Waals surface area contributed by atoms with Gasteiger partial charge in [0, 0.05) is 30.9 Å². The van der Waals surface area contributed by atoms with Gasteiger partial charge in [-0.3, -0.25) is 0 Å². The highest BCUT2D eigenvalue weighted by molar-refractivity contribution is 5.79. The van der Waals surface area contributed by atoms with Crippen LogP contribution >= 0.6 is 0 Å². The molecule has 0 atom stereocenters. The topological polar surface area (TPSA) is 80.3 Å². The Labute approximate surface area is 156 Å². The summed E-state index contributed by atoms with van der Waals surface area (Å²) < 4.78 is 7.97. The Kier molecular flexibility index (Phi) is 6.83. The smallest absolute Gasteiger partial charge is 0.213 e. The van der Waals surface area contributed by atoms with Crippen LogP contribution in [0.15, 0.2) is 28.0 Å². The molecule has 0 radical (unpaired) electrons. The van der Waals surface area contributed by atoms with Gasteiger partial charge in [-0.2, -0.15) is 0 Å². The molecule has 26 heavy (non-hydrogen) atoms. The average Bonchev–Trinajstić information content (AvgIpc) is 3.18. The van der Waals surface area contributed by atoms with E-state index in [2.05, 4.69) is 64.8 Å². The Hall–Kier alpha value is -2.31. The van der Waals surface area contributed by atoms with E-state index in [0.29, 0.717) is 24.9 Å². The first kappa shape index (κ1) is 20.0. The van der Waals surface area contributed by atoms with Crippen LogP contribution in [0.4, 0.5) is 0 Å². The first-order valence-electron chi connectivity index (χ1n) is 9.27. The minimum Gasteiger partial charge on any atom is -0.443 e. The number of aliphatic imine (C=N–C) groups is 1. The molecule has 0 aliphatic carbocycles. The van der Waals surface area contributed by atoms with Crippen LogP contribution in [0.1, 0.15) is 59.0 Å². The van der Waals surface area contributed by atoms with Crippen molar-refractivity contribution >= 4 is 5.96 Å². The number of guanidine groups is 1. The second-order valence-electron chi connectivity index (χ2n) is 7.81. The number of hydrogen-bond acceptors (Lipinski definition) is 4. The number of aromatic nitrogens is 3. The van der Waals surface area contributed by atoms with Crippen molar-refractivity contribution in [2.75, 3.05) is 6.54 Å². The van der Waals surface area contributed by atoms with E-state index in [0.717, 1.165) is 30.6 Å². The molecule has 2 aromatic heterocycles. The molecule has 2 aromatic rings. The molecular formula is C19H32N6O. The predicted octanol–water partition coefficient (Wildman–Crippen LogP) is 3.08. The van der Waals surface area contributed by atoms with Crippen LogP contribution in [0.25, 0.3) is 0 Å². The van der Waals surface area contributed by atoms with Crippen LogP contribution < -0.4 is 10.6 Å². The summed E-state index contributed by atoms with van der Waals surface area (Å²) in [5.74, 6) is 3.79. The van der Waals surface area contributed by atoms with Gasteiger partial charge in [0.15, 0.2) is 5.96 Å². The minimum atomic E-state index is -0.0443. The summed E-state index contributed by atoms with van der Waals surface area (Å²) in [6.45, 7) is 15.5. The molecular weight excluding hydrogens is 328 g/mol. The average molecular weight is 361 g/mol. The van der Waals surface area contributed by atoms with Crippen LogP contribution in [0.5, 0.6) is 0 Å². The van der Waals surface area contributed by atoms with Gasteiger partial charge in [-0.15, -0.1) is 0 Å². The van der Waals surface area contributed by atoms with E-state index in [-0.39, 0.29) is 5.41 Å². The number of oxazole rings is 1. The number of hydrogen-bond donors (Lipinski definition) is 2. The lowest BCUT2D eigenvalue weighted by Gasteiger charge is -2.13. The second-order valence-corrected chi connectivity index (χ2v) is 7.81. The van der Waals surface area contributed by atoms with E-state index >= 15 is 0 Å². The maximum absolute atomic E-state index is 5.82. The van der Waals surface area contributed by atoms with E-state index in [1.807, 2.05) is 19.3 Å². The molecule has 2 N–H and O–H groups in total. The molecule has 2 heterocycles. The quantitative estimate of drug-likeness (QED) is 0.586. The number of nitrogens with zero attached hydrogens (tertiary/aromatic N) is 4. The Morgan fingerprint density at radius 1 is 1.27 bits per heavy atom. The van der Waals surface area contributed by atoms with Crippen molar-refractivity contribution in [3.63, 3.8) is 0 Å². The predicted molar refractivity (Wildman–Crippen MR) is 104 cm³/mol. The highest BCUT2D eigenvalue weighted by Gasteiger charge is 2.19. The highest BCUT2D eigenvalue weighted by Crippen LogP contribution is 2.22. The van der Waals surface area contributed by atoms with Gasteiger partial charge in [-0.1, -0.05) is 34.6 Å². The van der Waals surface area contributed by atoms with Gasteiger partial charge >= 0.3 is 0 Å². The number of nitrogens with one attached hydrogen (secondary N) is 2. The Morgan fingerprint density at radius 3 is 2.65 bits per heavy atom. The zero-order valence-corrected chi connectivity index (χ0v) is 16.8. The molecule has 0 bridgehead atoms. The second kappa shape index (κ2) is 8.87. The summed E-state index contributed by atoms with van der Waals surface area (Å²) in [6, 6.07) is 0. The van der Waals surface area contributed by atoms with Crippen molar-refractivity contribution in [2.24, 2.45) is 10.9 Å². The molecule has 7 nitrogen and oxygen atoms in total. The lowest BCUT2D eigenvalue weighted by Crippen LogP contribution is -2.37. The fourth-order valence-electron chi connectivity index (χ4n) is 2.44. The molecule has 0 aliphatic rings. The van der Waals surface area contributed by atoms with E-state index < -0.39 is 0 Å². The van der Waals surface area contributed by atoms with Crippen molar-refractivity contribution in [3.05, 3.63) is 36.1 Å². The van der Waals surface area contributed by atoms with Crippen molar-refractivity contribution in [1.29, 1.82) is 0 Å². The molecule has 0 unspecified atom stereocenters.